The summed E-state index contributed by atoms with van der Waals surface area (Å²) < 4.78 is 5.68. The van der Waals surface area contributed by atoms with Gasteiger partial charge in [-0.05, 0) is 62.9 Å². The molecule has 142 valence electrons. The molecule has 0 unspecified atom stereocenters. The van der Waals surface area contributed by atoms with Crippen LogP contribution in [0.25, 0.3) is 0 Å². The number of carbonyl (C=O) groups excluding carboxylic acids is 1. The fourth-order valence-electron chi connectivity index (χ4n) is 4.88. The third-order valence-electron chi connectivity index (χ3n) is 6.51. The lowest BCUT2D eigenvalue weighted by atomic mass is 9.92. The summed E-state index contributed by atoms with van der Waals surface area (Å²) in [6.07, 6.45) is 12.1. The van der Waals surface area contributed by atoms with Crippen molar-refractivity contribution in [3.63, 3.8) is 0 Å². The van der Waals surface area contributed by atoms with E-state index in [9.17, 15) is 4.79 Å². The second-order valence-corrected chi connectivity index (χ2v) is 8.22. The van der Waals surface area contributed by atoms with Gasteiger partial charge >= 0.3 is 0 Å². The third kappa shape index (κ3) is 4.26. The Hall–Kier alpha value is -1.46. The molecule has 1 aliphatic carbocycles. The van der Waals surface area contributed by atoms with Crippen LogP contribution in [-0.4, -0.2) is 54.2 Å². The van der Waals surface area contributed by atoms with Gasteiger partial charge in [-0.2, -0.15) is 0 Å². The Morgan fingerprint density at radius 3 is 2.58 bits per heavy atom. The summed E-state index contributed by atoms with van der Waals surface area (Å²) in [5.74, 6) is 0.779. The summed E-state index contributed by atoms with van der Waals surface area (Å²) >= 11 is 0. The molecular weight excluding hydrogens is 326 g/mol. The first-order chi connectivity index (χ1) is 12.8. The lowest BCUT2D eigenvalue weighted by Crippen LogP contribution is -2.47. The van der Waals surface area contributed by atoms with E-state index >= 15 is 0 Å². The Morgan fingerprint density at radius 1 is 1.12 bits per heavy atom. The monoisotopic (exact) mass is 357 g/mol. The first-order valence-electron chi connectivity index (χ1n) is 10.3. The highest BCUT2D eigenvalue weighted by Crippen LogP contribution is 2.28. The van der Waals surface area contributed by atoms with Gasteiger partial charge in [-0.1, -0.05) is 12.8 Å². The molecule has 1 aromatic rings. The molecule has 1 N–H and O–H groups in total. The number of ether oxygens (including phenoxy) is 1. The average Bonchev–Trinajstić information content (AvgIpc) is 3.35. The molecule has 3 aliphatic rings. The summed E-state index contributed by atoms with van der Waals surface area (Å²) in [6.45, 7) is 3.55. The van der Waals surface area contributed by atoms with E-state index in [2.05, 4.69) is 27.3 Å². The van der Waals surface area contributed by atoms with Crippen LogP contribution in [0.1, 0.15) is 44.1 Å². The Kier molecular flexibility index (Phi) is 5.85. The molecular formula is C21H31N3O2. The van der Waals surface area contributed by atoms with Crippen molar-refractivity contribution >= 4 is 5.91 Å². The molecule has 0 bridgehead atoms. The van der Waals surface area contributed by atoms with Crippen LogP contribution in [0.15, 0.2) is 24.5 Å². The number of rotatable bonds is 5. The molecule has 1 aromatic heterocycles. The van der Waals surface area contributed by atoms with Gasteiger partial charge in [0.05, 0.1) is 19.3 Å². The predicted octanol–water partition coefficient (Wildman–Crippen LogP) is 2.41. The standard InChI is InChI=1S/C21H31N3O2/c25-21(17-7-11-24(12-8-17)19-3-1-2-4-19)23-20-15-26-14-18(20)13-16-5-9-22-10-6-16/h5-6,9-10,17-20H,1-4,7-8,11-15H2,(H,23,25)/t18-,20-/m1/s1. The van der Waals surface area contributed by atoms with Crippen LogP contribution in [0, 0.1) is 11.8 Å². The van der Waals surface area contributed by atoms with Crippen LogP contribution in [0.3, 0.4) is 0 Å². The molecule has 4 rings (SSSR count). The molecule has 26 heavy (non-hydrogen) atoms. The van der Waals surface area contributed by atoms with Gasteiger partial charge in [-0.25, -0.2) is 0 Å². The SMILES string of the molecule is O=C(N[C@@H]1COC[C@H]1Cc1ccncc1)C1CCN(C2CCCC2)CC1. The zero-order valence-electron chi connectivity index (χ0n) is 15.6. The van der Waals surface area contributed by atoms with E-state index < -0.39 is 0 Å². The van der Waals surface area contributed by atoms with E-state index in [-0.39, 0.29) is 17.9 Å². The highest BCUT2D eigenvalue weighted by Gasteiger charge is 2.34. The fourth-order valence-corrected chi connectivity index (χ4v) is 4.88. The van der Waals surface area contributed by atoms with Crippen LogP contribution in [0.2, 0.25) is 0 Å². The highest BCUT2D eigenvalue weighted by molar-refractivity contribution is 5.79. The minimum absolute atomic E-state index is 0.142. The molecule has 5 nitrogen and oxygen atoms in total. The van der Waals surface area contributed by atoms with E-state index in [4.69, 9.17) is 4.74 Å². The molecule has 5 heteroatoms. The first kappa shape index (κ1) is 17.9. The minimum Gasteiger partial charge on any atom is -0.379 e. The van der Waals surface area contributed by atoms with Gasteiger partial charge in [-0.3, -0.25) is 9.78 Å². The summed E-state index contributed by atoms with van der Waals surface area (Å²) in [5.41, 5.74) is 1.26. The largest absolute Gasteiger partial charge is 0.379 e. The Balaban J connectivity index is 1.26. The van der Waals surface area contributed by atoms with Crippen LogP contribution < -0.4 is 5.32 Å². The van der Waals surface area contributed by atoms with Gasteiger partial charge in [0.1, 0.15) is 0 Å². The third-order valence-corrected chi connectivity index (χ3v) is 6.51. The minimum atomic E-state index is 0.142. The fraction of sp³-hybridized carbons (Fsp3) is 0.714. The lowest BCUT2D eigenvalue weighted by molar-refractivity contribution is -0.127. The van der Waals surface area contributed by atoms with Gasteiger partial charge in [0.15, 0.2) is 0 Å². The van der Waals surface area contributed by atoms with Crippen LogP contribution in [0.4, 0.5) is 0 Å². The normalized spacial score (nSPS) is 28.5. The molecule has 2 aliphatic heterocycles. The average molecular weight is 357 g/mol. The quantitative estimate of drug-likeness (QED) is 0.879. The number of hydrogen-bond acceptors (Lipinski definition) is 4. The zero-order valence-corrected chi connectivity index (χ0v) is 15.6. The molecule has 2 saturated heterocycles. The molecule has 1 amide bonds. The summed E-state index contributed by atoms with van der Waals surface area (Å²) in [6, 6.07) is 5.03. The van der Waals surface area contributed by atoms with Crippen molar-refractivity contribution in [3.8, 4) is 0 Å². The van der Waals surface area contributed by atoms with Crippen molar-refractivity contribution in [2.75, 3.05) is 26.3 Å². The summed E-state index contributed by atoms with van der Waals surface area (Å²) in [5, 5.41) is 3.31. The van der Waals surface area contributed by atoms with Gasteiger partial charge in [0, 0.05) is 30.3 Å². The molecule has 0 aromatic carbocycles. The topological polar surface area (TPSA) is 54.5 Å². The maximum Gasteiger partial charge on any atom is 0.223 e. The van der Waals surface area contributed by atoms with E-state index in [1.807, 2.05) is 12.4 Å². The van der Waals surface area contributed by atoms with Crippen molar-refractivity contribution < 1.29 is 9.53 Å². The molecule has 3 fully saturated rings. The van der Waals surface area contributed by atoms with Crippen molar-refractivity contribution in [2.24, 2.45) is 11.8 Å². The second-order valence-electron chi connectivity index (χ2n) is 8.22. The number of pyridine rings is 1. The van der Waals surface area contributed by atoms with E-state index in [1.54, 1.807) is 0 Å². The van der Waals surface area contributed by atoms with Crippen molar-refractivity contribution in [3.05, 3.63) is 30.1 Å². The molecule has 1 saturated carbocycles. The number of amides is 1. The maximum atomic E-state index is 12.8. The lowest BCUT2D eigenvalue weighted by Gasteiger charge is -2.36. The Morgan fingerprint density at radius 2 is 1.85 bits per heavy atom. The first-order valence-corrected chi connectivity index (χ1v) is 10.3. The smallest absolute Gasteiger partial charge is 0.223 e. The summed E-state index contributed by atoms with van der Waals surface area (Å²) in [7, 11) is 0. The van der Waals surface area contributed by atoms with Gasteiger partial charge in [0.2, 0.25) is 5.91 Å². The van der Waals surface area contributed by atoms with Crippen molar-refractivity contribution in [1.82, 2.24) is 15.2 Å². The van der Waals surface area contributed by atoms with Crippen LogP contribution >= 0.6 is 0 Å². The predicted molar refractivity (Wildman–Crippen MR) is 101 cm³/mol. The zero-order chi connectivity index (χ0) is 17.8. The number of likely N-dealkylation sites (tertiary alicyclic amines) is 1. The molecule has 0 radical (unpaired) electrons. The molecule has 2 atom stereocenters. The number of nitrogens with zero attached hydrogens (tertiary/aromatic N) is 2. The van der Waals surface area contributed by atoms with Gasteiger partial charge in [-0.15, -0.1) is 0 Å². The van der Waals surface area contributed by atoms with Gasteiger partial charge < -0.3 is 15.0 Å². The maximum absolute atomic E-state index is 12.8. The Labute approximate surface area is 156 Å². The highest BCUT2D eigenvalue weighted by atomic mass is 16.5. The second kappa shape index (κ2) is 8.49. The number of nitrogens with one attached hydrogen (secondary N) is 1. The number of hydrogen-bond donors (Lipinski definition) is 1. The molecule has 3 heterocycles. The van der Waals surface area contributed by atoms with Crippen LogP contribution in [0.5, 0.6) is 0 Å². The molecule has 0 spiro atoms. The van der Waals surface area contributed by atoms with Crippen molar-refractivity contribution in [2.45, 2.75) is 57.0 Å². The van der Waals surface area contributed by atoms with Crippen molar-refractivity contribution in [1.29, 1.82) is 0 Å². The van der Waals surface area contributed by atoms with Gasteiger partial charge in [0.25, 0.3) is 0 Å². The number of carbonyl (C=O) groups is 1. The number of aromatic nitrogens is 1. The summed E-state index contributed by atoms with van der Waals surface area (Å²) in [4.78, 5) is 19.5. The van der Waals surface area contributed by atoms with E-state index in [0.29, 0.717) is 12.5 Å². The van der Waals surface area contributed by atoms with E-state index in [1.165, 1.54) is 31.2 Å². The number of piperidine rings is 1. The van der Waals surface area contributed by atoms with Crippen LogP contribution in [-0.2, 0) is 16.0 Å². The van der Waals surface area contributed by atoms with E-state index in [0.717, 1.165) is 45.0 Å². The Bertz CT molecular complexity index is 580.